The van der Waals surface area contributed by atoms with Crippen LogP contribution in [0.25, 0.3) is 0 Å². The van der Waals surface area contributed by atoms with Gasteiger partial charge in [-0.3, -0.25) is 4.79 Å². The van der Waals surface area contributed by atoms with Gasteiger partial charge in [0.05, 0.1) is 5.75 Å². The monoisotopic (exact) mass is 434 g/mol. The molecule has 0 spiro atoms. The van der Waals surface area contributed by atoms with Crippen LogP contribution in [0, 0.1) is 19.8 Å². The van der Waals surface area contributed by atoms with Crippen molar-refractivity contribution in [2.45, 2.75) is 65.3 Å². The zero-order valence-electron chi connectivity index (χ0n) is 18.5. The smallest absolute Gasteiger partial charge is 0.408 e. The summed E-state index contributed by atoms with van der Waals surface area (Å²) >= 11 is 1.14. The maximum Gasteiger partial charge on any atom is 0.408 e. The third kappa shape index (κ3) is 7.37. The van der Waals surface area contributed by atoms with Crippen LogP contribution >= 0.6 is 11.8 Å². The predicted molar refractivity (Wildman–Crippen MR) is 117 cm³/mol. The van der Waals surface area contributed by atoms with Gasteiger partial charge in [0.25, 0.3) is 5.22 Å². The van der Waals surface area contributed by atoms with Crippen molar-refractivity contribution >= 4 is 29.4 Å². The fourth-order valence-corrected chi connectivity index (χ4v) is 3.11. The highest BCUT2D eigenvalue weighted by Crippen LogP contribution is 2.25. The Morgan fingerprint density at radius 2 is 1.90 bits per heavy atom. The van der Waals surface area contributed by atoms with E-state index in [0.29, 0.717) is 0 Å². The molecule has 0 aliphatic heterocycles. The number of alkyl carbamates (subject to hydrolysis) is 1. The lowest BCUT2D eigenvalue weighted by Gasteiger charge is -2.23. The Balaban J connectivity index is 1.96. The van der Waals surface area contributed by atoms with Gasteiger partial charge in [-0.25, -0.2) is 4.79 Å². The van der Waals surface area contributed by atoms with E-state index >= 15 is 0 Å². The number of carbonyl (C=O) groups excluding carboxylic acids is 2. The van der Waals surface area contributed by atoms with Gasteiger partial charge in [-0.15, -0.1) is 10.2 Å². The molecule has 0 bridgehead atoms. The average Bonchev–Trinajstić information content (AvgIpc) is 3.08. The molecule has 164 valence electrons. The number of thioether (sulfide) groups is 1. The highest BCUT2D eigenvalue weighted by Gasteiger charge is 2.27. The number of hydrogen-bond donors (Lipinski definition) is 2. The number of nitrogens with one attached hydrogen (secondary N) is 2. The van der Waals surface area contributed by atoms with Crippen molar-refractivity contribution in [1.82, 2.24) is 15.5 Å². The van der Waals surface area contributed by atoms with Crippen LogP contribution in [0.4, 0.5) is 10.5 Å². The number of aromatic nitrogens is 2. The maximum absolute atomic E-state index is 12.3. The summed E-state index contributed by atoms with van der Waals surface area (Å²) in [5.41, 5.74) is 2.24. The van der Waals surface area contributed by atoms with Crippen LogP contribution in [-0.2, 0) is 9.53 Å². The van der Waals surface area contributed by atoms with Crippen molar-refractivity contribution in [3.8, 4) is 0 Å². The molecule has 0 aliphatic rings. The molecule has 8 nitrogen and oxygen atoms in total. The molecule has 0 unspecified atom stereocenters. The number of anilines is 1. The summed E-state index contributed by atoms with van der Waals surface area (Å²) in [6, 6.07) is 5.39. The molecule has 0 aliphatic carbocycles. The Morgan fingerprint density at radius 1 is 1.20 bits per heavy atom. The van der Waals surface area contributed by atoms with E-state index in [-0.39, 0.29) is 28.7 Å². The van der Waals surface area contributed by atoms with Crippen LogP contribution in [-0.4, -0.2) is 33.6 Å². The molecule has 0 fully saturated rings. The number of nitrogens with zero attached hydrogens (tertiary/aromatic N) is 2. The van der Waals surface area contributed by atoms with Crippen molar-refractivity contribution in [2.75, 3.05) is 11.1 Å². The van der Waals surface area contributed by atoms with E-state index in [1.54, 1.807) is 20.8 Å². The van der Waals surface area contributed by atoms with Gasteiger partial charge in [0, 0.05) is 5.69 Å². The van der Waals surface area contributed by atoms with Gasteiger partial charge in [0.2, 0.25) is 11.8 Å². The summed E-state index contributed by atoms with van der Waals surface area (Å²) in [7, 11) is 0. The molecule has 0 saturated heterocycles. The molecule has 0 radical (unpaired) electrons. The highest BCUT2D eigenvalue weighted by molar-refractivity contribution is 7.99. The average molecular weight is 435 g/mol. The number of benzene rings is 1. The Hall–Kier alpha value is -2.55. The van der Waals surface area contributed by atoms with Crippen LogP contribution < -0.4 is 10.6 Å². The van der Waals surface area contributed by atoms with Gasteiger partial charge in [-0.05, 0) is 57.7 Å². The zero-order chi connectivity index (χ0) is 22.5. The van der Waals surface area contributed by atoms with Gasteiger partial charge in [0.15, 0.2) is 0 Å². The molecule has 2 amide bonds. The molecule has 0 saturated carbocycles. The summed E-state index contributed by atoms with van der Waals surface area (Å²) in [4.78, 5) is 24.4. The fraction of sp³-hybridized carbons (Fsp3) is 0.524. The lowest BCUT2D eigenvalue weighted by atomic mass is 10.1. The number of hydrogen-bond acceptors (Lipinski definition) is 7. The molecule has 1 heterocycles. The van der Waals surface area contributed by atoms with Crippen LogP contribution in [0.1, 0.15) is 57.7 Å². The third-order valence-corrected chi connectivity index (χ3v) is 4.84. The lowest BCUT2D eigenvalue weighted by Crippen LogP contribution is -2.37. The summed E-state index contributed by atoms with van der Waals surface area (Å²) < 4.78 is 11.0. The second kappa shape index (κ2) is 9.97. The fourth-order valence-electron chi connectivity index (χ4n) is 2.54. The van der Waals surface area contributed by atoms with Crippen molar-refractivity contribution in [3.63, 3.8) is 0 Å². The second-order valence-corrected chi connectivity index (χ2v) is 9.36. The minimum atomic E-state index is -0.607. The lowest BCUT2D eigenvalue weighted by molar-refractivity contribution is -0.113. The summed E-state index contributed by atoms with van der Waals surface area (Å²) in [6.07, 6.45) is -0.554. The van der Waals surface area contributed by atoms with Crippen LogP contribution in [0.2, 0.25) is 0 Å². The minimum absolute atomic E-state index is 0.00316. The molecular weight excluding hydrogens is 404 g/mol. The topological polar surface area (TPSA) is 106 Å². The number of amides is 2. The van der Waals surface area contributed by atoms with E-state index in [4.69, 9.17) is 9.15 Å². The first-order valence-electron chi connectivity index (χ1n) is 9.77. The van der Waals surface area contributed by atoms with E-state index in [1.165, 1.54) is 0 Å². The van der Waals surface area contributed by atoms with Gasteiger partial charge >= 0.3 is 6.09 Å². The normalized spacial score (nSPS) is 12.5. The molecule has 2 aromatic rings. The third-order valence-electron chi connectivity index (χ3n) is 4.02. The van der Waals surface area contributed by atoms with Crippen molar-refractivity contribution in [3.05, 3.63) is 35.2 Å². The van der Waals surface area contributed by atoms with Gasteiger partial charge in [-0.1, -0.05) is 37.7 Å². The molecular formula is C21H30N4O4S. The Bertz CT molecular complexity index is 889. The van der Waals surface area contributed by atoms with E-state index in [9.17, 15) is 9.59 Å². The van der Waals surface area contributed by atoms with Crippen molar-refractivity contribution in [1.29, 1.82) is 0 Å². The van der Waals surface area contributed by atoms with E-state index in [0.717, 1.165) is 28.6 Å². The standard InChI is InChI=1S/C21H30N4O4S/c1-12(2)17(23-19(27)29-21(5,6)7)18-24-25-20(28-18)30-11-16(26)22-15-10-13(3)8-9-14(15)4/h8-10,12,17H,11H2,1-7H3,(H,22,26)(H,23,27)/t17-/m0/s1. The number of aryl methyl sites for hydroxylation is 2. The number of carbonyl (C=O) groups is 2. The molecule has 1 aromatic carbocycles. The summed E-state index contributed by atoms with van der Waals surface area (Å²) in [5.74, 6) is 0.235. The largest absolute Gasteiger partial charge is 0.444 e. The Kier molecular flexibility index (Phi) is 7.89. The molecule has 30 heavy (non-hydrogen) atoms. The second-order valence-electron chi connectivity index (χ2n) is 8.43. The molecule has 9 heteroatoms. The highest BCUT2D eigenvalue weighted by atomic mass is 32.2. The van der Waals surface area contributed by atoms with E-state index in [1.807, 2.05) is 45.9 Å². The summed E-state index contributed by atoms with van der Waals surface area (Å²) in [5, 5.41) is 13.9. The molecule has 1 aromatic heterocycles. The molecule has 2 rings (SSSR count). The maximum atomic E-state index is 12.3. The predicted octanol–water partition coefficient (Wildman–Crippen LogP) is 4.64. The molecule has 2 N–H and O–H groups in total. The first-order valence-corrected chi connectivity index (χ1v) is 10.8. The van der Waals surface area contributed by atoms with E-state index in [2.05, 4.69) is 20.8 Å². The Morgan fingerprint density at radius 3 is 2.53 bits per heavy atom. The minimum Gasteiger partial charge on any atom is -0.444 e. The van der Waals surface area contributed by atoms with Crippen molar-refractivity contribution in [2.24, 2.45) is 5.92 Å². The quantitative estimate of drug-likeness (QED) is 0.611. The van der Waals surface area contributed by atoms with Crippen molar-refractivity contribution < 1.29 is 18.7 Å². The Labute approximate surface area is 181 Å². The molecule has 1 atom stereocenters. The first kappa shape index (κ1) is 23.7. The zero-order valence-corrected chi connectivity index (χ0v) is 19.3. The van der Waals surface area contributed by atoms with Gasteiger partial charge in [0.1, 0.15) is 11.6 Å². The van der Waals surface area contributed by atoms with Crippen LogP contribution in [0.3, 0.4) is 0 Å². The number of rotatable bonds is 7. The van der Waals surface area contributed by atoms with Gasteiger partial charge < -0.3 is 19.8 Å². The SMILES string of the molecule is Cc1ccc(C)c(NC(=O)CSc2nnc([C@@H](NC(=O)OC(C)(C)C)C(C)C)o2)c1. The number of ether oxygens (including phenoxy) is 1. The summed E-state index contributed by atoms with van der Waals surface area (Å²) in [6.45, 7) is 13.1. The van der Waals surface area contributed by atoms with Crippen LogP contribution in [0.5, 0.6) is 0 Å². The van der Waals surface area contributed by atoms with Crippen LogP contribution in [0.15, 0.2) is 27.8 Å². The van der Waals surface area contributed by atoms with E-state index < -0.39 is 17.7 Å². The first-order chi connectivity index (χ1) is 13.9. The van der Waals surface area contributed by atoms with Gasteiger partial charge in [-0.2, -0.15) is 0 Å².